The molecule has 0 fully saturated rings. The molecule has 0 bridgehead atoms. The number of ether oxygens (including phenoxy) is 3. The predicted octanol–water partition coefficient (Wildman–Crippen LogP) is 4.70. The average molecular weight is 397 g/mol. The van der Waals surface area contributed by atoms with Gasteiger partial charge in [-0.2, -0.15) is 0 Å². The maximum Gasteiger partial charge on any atom is 0.338 e. The van der Waals surface area contributed by atoms with Crippen LogP contribution in [0.5, 0.6) is 11.5 Å². The van der Waals surface area contributed by atoms with Gasteiger partial charge in [0, 0.05) is 11.8 Å². The lowest BCUT2D eigenvalue weighted by molar-refractivity contribution is -0.111. The lowest BCUT2D eigenvalue weighted by Gasteiger charge is -2.13. The molecule has 2 aromatic carbocycles. The number of hydrogen-bond donors (Lipinski definition) is 1. The number of hydrogen-bond acceptors (Lipinski definition) is 5. The van der Waals surface area contributed by atoms with Crippen molar-refractivity contribution in [2.24, 2.45) is 0 Å². The Labute approximate surface area is 171 Å². The van der Waals surface area contributed by atoms with Crippen molar-refractivity contribution in [1.29, 1.82) is 0 Å². The lowest BCUT2D eigenvalue weighted by Crippen LogP contribution is -2.12. The fraction of sp³-hybridized carbons (Fsp3) is 0.304. The minimum atomic E-state index is -0.392. The summed E-state index contributed by atoms with van der Waals surface area (Å²) in [5.74, 6) is 0.575. The van der Waals surface area contributed by atoms with E-state index in [9.17, 15) is 9.59 Å². The highest BCUT2D eigenvalue weighted by atomic mass is 16.5. The van der Waals surface area contributed by atoms with Crippen LogP contribution >= 0.6 is 0 Å². The minimum Gasteiger partial charge on any atom is -0.493 e. The summed E-state index contributed by atoms with van der Waals surface area (Å²) >= 11 is 0. The average Bonchev–Trinajstić information content (AvgIpc) is 2.66. The summed E-state index contributed by atoms with van der Waals surface area (Å²) < 4.78 is 16.2. The largest absolute Gasteiger partial charge is 0.493 e. The molecule has 0 aliphatic carbocycles. The molecule has 0 spiro atoms. The Hall–Kier alpha value is -3.28. The number of methoxy groups -OCH3 is 1. The van der Waals surface area contributed by atoms with Crippen LogP contribution in [0.15, 0.2) is 48.5 Å². The van der Waals surface area contributed by atoms with Gasteiger partial charge in [0.2, 0.25) is 5.91 Å². The Bertz CT molecular complexity index is 869. The van der Waals surface area contributed by atoms with Gasteiger partial charge in [-0.25, -0.2) is 4.79 Å². The third-order valence-corrected chi connectivity index (χ3v) is 3.71. The molecule has 0 atom stereocenters. The van der Waals surface area contributed by atoms with E-state index in [0.717, 1.165) is 5.56 Å². The molecule has 2 rings (SSSR count). The number of esters is 1. The first-order valence-corrected chi connectivity index (χ1v) is 9.43. The first-order valence-electron chi connectivity index (χ1n) is 9.43. The fourth-order valence-corrected chi connectivity index (χ4v) is 2.47. The van der Waals surface area contributed by atoms with Crippen molar-refractivity contribution in [1.82, 2.24) is 0 Å². The second-order valence-corrected chi connectivity index (χ2v) is 6.93. The normalized spacial score (nSPS) is 11.0. The first-order chi connectivity index (χ1) is 13.8. The molecule has 1 N–H and O–H groups in total. The summed E-state index contributed by atoms with van der Waals surface area (Å²) in [7, 11) is 1.57. The molecule has 2 aromatic rings. The zero-order valence-electron chi connectivity index (χ0n) is 17.4. The topological polar surface area (TPSA) is 73.9 Å². The third-order valence-electron chi connectivity index (χ3n) is 3.71. The summed E-state index contributed by atoms with van der Waals surface area (Å²) in [6.07, 6.45) is 2.97. The molecular weight excluding hydrogens is 370 g/mol. The number of rotatable bonds is 8. The van der Waals surface area contributed by atoms with Gasteiger partial charge in [-0.1, -0.05) is 6.07 Å². The van der Waals surface area contributed by atoms with E-state index in [1.807, 2.05) is 26.0 Å². The number of amides is 1. The Balaban J connectivity index is 2.00. The standard InChI is InChI=1S/C23H27NO5/c1-15(2)28-20-12-6-17(14-21(20)27-5)7-13-22(25)24-19-10-8-18(9-11-19)23(26)29-16(3)4/h6-16H,1-5H3,(H,24,25)/b13-7+. The van der Waals surface area contributed by atoms with Gasteiger partial charge in [0.1, 0.15) is 0 Å². The van der Waals surface area contributed by atoms with E-state index in [1.165, 1.54) is 6.08 Å². The molecule has 29 heavy (non-hydrogen) atoms. The van der Waals surface area contributed by atoms with Gasteiger partial charge < -0.3 is 19.5 Å². The van der Waals surface area contributed by atoms with Gasteiger partial charge in [-0.05, 0) is 75.7 Å². The van der Waals surface area contributed by atoms with E-state index >= 15 is 0 Å². The van der Waals surface area contributed by atoms with Crippen LogP contribution in [0.2, 0.25) is 0 Å². The molecule has 0 heterocycles. The van der Waals surface area contributed by atoms with Crippen molar-refractivity contribution in [2.75, 3.05) is 12.4 Å². The summed E-state index contributed by atoms with van der Waals surface area (Å²) in [6, 6.07) is 12.0. The molecule has 0 saturated heterocycles. The summed E-state index contributed by atoms with van der Waals surface area (Å²) in [5, 5.41) is 2.75. The molecule has 0 aliphatic rings. The highest BCUT2D eigenvalue weighted by molar-refractivity contribution is 6.02. The SMILES string of the molecule is COc1cc(/C=C/C(=O)Nc2ccc(C(=O)OC(C)C)cc2)ccc1OC(C)C. The van der Waals surface area contributed by atoms with Gasteiger partial charge >= 0.3 is 5.97 Å². The first kappa shape index (κ1) is 22.0. The second-order valence-electron chi connectivity index (χ2n) is 6.93. The van der Waals surface area contributed by atoms with Crippen molar-refractivity contribution in [2.45, 2.75) is 39.9 Å². The van der Waals surface area contributed by atoms with Crippen molar-refractivity contribution < 1.29 is 23.8 Å². The van der Waals surface area contributed by atoms with Crippen LogP contribution in [0.25, 0.3) is 6.08 Å². The van der Waals surface area contributed by atoms with Gasteiger partial charge in [0.25, 0.3) is 0 Å². The molecule has 6 heteroatoms. The molecule has 0 aliphatic heterocycles. The molecule has 0 saturated carbocycles. The quantitative estimate of drug-likeness (QED) is 0.516. The summed E-state index contributed by atoms with van der Waals surface area (Å²) in [4.78, 5) is 24.0. The Morgan fingerprint density at radius 3 is 2.21 bits per heavy atom. The van der Waals surface area contributed by atoms with Crippen molar-refractivity contribution in [3.8, 4) is 11.5 Å². The summed E-state index contributed by atoms with van der Waals surface area (Å²) in [6.45, 7) is 7.47. The summed E-state index contributed by atoms with van der Waals surface area (Å²) in [5.41, 5.74) is 1.82. The molecule has 0 unspecified atom stereocenters. The molecule has 1 amide bonds. The van der Waals surface area contributed by atoms with Gasteiger partial charge in [0.15, 0.2) is 11.5 Å². The third kappa shape index (κ3) is 6.99. The van der Waals surface area contributed by atoms with Crippen LogP contribution in [0.1, 0.15) is 43.6 Å². The van der Waals surface area contributed by atoms with Crippen LogP contribution in [-0.2, 0) is 9.53 Å². The van der Waals surface area contributed by atoms with Crippen LogP contribution in [0.4, 0.5) is 5.69 Å². The van der Waals surface area contributed by atoms with Crippen LogP contribution in [0.3, 0.4) is 0 Å². The zero-order valence-corrected chi connectivity index (χ0v) is 17.4. The number of nitrogens with one attached hydrogen (secondary N) is 1. The number of carbonyl (C=O) groups excluding carboxylic acids is 2. The van der Waals surface area contributed by atoms with Crippen molar-refractivity contribution >= 4 is 23.6 Å². The van der Waals surface area contributed by atoms with Crippen LogP contribution in [-0.4, -0.2) is 31.2 Å². The predicted molar refractivity (Wildman–Crippen MR) is 113 cm³/mol. The molecule has 154 valence electrons. The van der Waals surface area contributed by atoms with E-state index < -0.39 is 5.97 Å². The lowest BCUT2D eigenvalue weighted by atomic mass is 10.1. The Kier molecular flexibility index (Phi) is 7.83. The van der Waals surface area contributed by atoms with E-state index in [0.29, 0.717) is 22.7 Å². The van der Waals surface area contributed by atoms with Crippen LogP contribution < -0.4 is 14.8 Å². The number of benzene rings is 2. The van der Waals surface area contributed by atoms with Gasteiger partial charge in [-0.15, -0.1) is 0 Å². The fourth-order valence-electron chi connectivity index (χ4n) is 2.47. The zero-order chi connectivity index (χ0) is 21.4. The van der Waals surface area contributed by atoms with Crippen LogP contribution in [0, 0.1) is 0 Å². The monoisotopic (exact) mass is 397 g/mol. The highest BCUT2D eigenvalue weighted by Gasteiger charge is 2.09. The Morgan fingerprint density at radius 2 is 1.62 bits per heavy atom. The maximum absolute atomic E-state index is 12.2. The highest BCUT2D eigenvalue weighted by Crippen LogP contribution is 2.29. The van der Waals surface area contributed by atoms with E-state index in [4.69, 9.17) is 14.2 Å². The van der Waals surface area contributed by atoms with E-state index in [1.54, 1.807) is 57.4 Å². The number of anilines is 1. The number of carbonyl (C=O) groups is 2. The van der Waals surface area contributed by atoms with Gasteiger partial charge in [-0.3, -0.25) is 4.79 Å². The van der Waals surface area contributed by atoms with E-state index in [2.05, 4.69) is 5.32 Å². The minimum absolute atomic E-state index is 0.0367. The second kappa shape index (κ2) is 10.3. The van der Waals surface area contributed by atoms with Gasteiger partial charge in [0.05, 0.1) is 24.9 Å². The molecule has 0 radical (unpaired) electrons. The molecule has 0 aromatic heterocycles. The molecular formula is C23H27NO5. The van der Waals surface area contributed by atoms with Crippen molar-refractivity contribution in [3.63, 3.8) is 0 Å². The van der Waals surface area contributed by atoms with E-state index in [-0.39, 0.29) is 18.1 Å². The smallest absolute Gasteiger partial charge is 0.338 e. The van der Waals surface area contributed by atoms with Crippen molar-refractivity contribution in [3.05, 3.63) is 59.7 Å². The maximum atomic E-state index is 12.2. The Morgan fingerprint density at radius 1 is 0.931 bits per heavy atom. The molecule has 6 nitrogen and oxygen atoms in total.